The van der Waals surface area contributed by atoms with Gasteiger partial charge >= 0.3 is 0 Å². The summed E-state index contributed by atoms with van der Waals surface area (Å²) in [6, 6.07) is 0. The van der Waals surface area contributed by atoms with Gasteiger partial charge in [0, 0.05) is 26.2 Å². The van der Waals surface area contributed by atoms with E-state index in [1.807, 2.05) is 14.0 Å². The normalized spacial score (nSPS) is 11.1. The number of allylic oxidation sites excluding steroid dienone is 1. The largest absolute Gasteiger partial charge is 0.351 e. The summed E-state index contributed by atoms with van der Waals surface area (Å²) in [4.78, 5) is 13.0. The third-order valence-electron chi connectivity index (χ3n) is 1.62. The molecule has 0 fully saturated rings. The first-order chi connectivity index (χ1) is 6.20. The molecule has 0 saturated carbocycles. The molecule has 0 aromatic carbocycles. The zero-order valence-electron chi connectivity index (χ0n) is 8.42. The molecule has 0 aliphatic rings. The molecule has 4 heteroatoms. The molecule has 0 aliphatic carbocycles. The Bertz CT molecular complexity index is 168. The molecule has 4 nitrogen and oxygen atoms in total. The fourth-order valence-electron chi connectivity index (χ4n) is 0.912. The van der Waals surface area contributed by atoms with Crippen molar-refractivity contribution >= 4 is 5.91 Å². The molecule has 76 valence electrons. The minimum atomic E-state index is -0.0383. The minimum Gasteiger partial charge on any atom is -0.351 e. The molecule has 0 unspecified atom stereocenters. The van der Waals surface area contributed by atoms with Gasteiger partial charge in [-0.2, -0.15) is 0 Å². The highest BCUT2D eigenvalue weighted by molar-refractivity contribution is 5.87. The summed E-state index contributed by atoms with van der Waals surface area (Å²) in [5.41, 5.74) is 5.37. The van der Waals surface area contributed by atoms with Gasteiger partial charge < -0.3 is 16.0 Å². The maximum Gasteiger partial charge on any atom is 0.243 e. The topological polar surface area (TPSA) is 58.4 Å². The molecule has 1 amide bonds. The third-order valence-corrected chi connectivity index (χ3v) is 1.62. The Labute approximate surface area is 79.8 Å². The smallest absolute Gasteiger partial charge is 0.243 e. The molecule has 0 aromatic heterocycles. The quantitative estimate of drug-likeness (QED) is 0.552. The summed E-state index contributed by atoms with van der Waals surface area (Å²) in [7, 11) is 1.98. The zero-order chi connectivity index (χ0) is 10.1. The van der Waals surface area contributed by atoms with Crippen molar-refractivity contribution in [2.45, 2.75) is 6.92 Å². The van der Waals surface area contributed by atoms with Crippen LogP contribution in [0.2, 0.25) is 0 Å². The average molecular weight is 185 g/mol. The molecule has 0 radical (unpaired) electrons. The van der Waals surface area contributed by atoms with Gasteiger partial charge in [-0.05, 0) is 20.0 Å². The van der Waals surface area contributed by atoms with Gasteiger partial charge in [0.05, 0.1) is 0 Å². The summed E-state index contributed by atoms with van der Waals surface area (Å²) >= 11 is 0. The second-order valence-electron chi connectivity index (χ2n) is 2.88. The van der Waals surface area contributed by atoms with Crippen molar-refractivity contribution in [3.8, 4) is 0 Å². The predicted molar refractivity (Wildman–Crippen MR) is 54.4 cm³/mol. The molecular formula is C9H19N3O. The van der Waals surface area contributed by atoms with E-state index in [9.17, 15) is 4.79 Å². The molecule has 3 N–H and O–H groups in total. The molecule has 0 aromatic rings. The molecule has 13 heavy (non-hydrogen) atoms. The van der Waals surface area contributed by atoms with Crippen molar-refractivity contribution in [3.05, 3.63) is 12.2 Å². The zero-order valence-corrected chi connectivity index (χ0v) is 8.42. The van der Waals surface area contributed by atoms with Gasteiger partial charge in [-0.3, -0.25) is 4.79 Å². The number of hydrogen-bond acceptors (Lipinski definition) is 3. The molecule has 0 rings (SSSR count). The lowest BCUT2D eigenvalue weighted by Gasteiger charge is -2.14. The van der Waals surface area contributed by atoms with Crippen molar-refractivity contribution in [1.82, 2.24) is 10.2 Å². The second kappa shape index (κ2) is 7.76. The van der Waals surface area contributed by atoms with E-state index in [1.54, 1.807) is 6.08 Å². The second-order valence-corrected chi connectivity index (χ2v) is 2.88. The number of carbonyl (C=O) groups excluding carboxylic acids is 1. The number of hydrogen-bond donors (Lipinski definition) is 2. The van der Waals surface area contributed by atoms with Crippen molar-refractivity contribution in [3.63, 3.8) is 0 Å². The first-order valence-corrected chi connectivity index (χ1v) is 4.49. The van der Waals surface area contributed by atoms with E-state index >= 15 is 0 Å². The van der Waals surface area contributed by atoms with Gasteiger partial charge in [0.2, 0.25) is 5.91 Å². The Morgan fingerprint density at radius 3 is 2.77 bits per heavy atom. The SMILES string of the molecule is CC=CC(=O)NCCN(C)CCN. The maximum atomic E-state index is 10.9. The Kier molecular flexibility index (Phi) is 7.24. The van der Waals surface area contributed by atoms with Crippen LogP contribution in [0, 0.1) is 0 Å². The van der Waals surface area contributed by atoms with Crippen LogP contribution in [-0.2, 0) is 4.79 Å². The molecule has 0 bridgehead atoms. The summed E-state index contributed by atoms with van der Waals surface area (Å²) in [6.45, 7) is 4.83. The van der Waals surface area contributed by atoms with Crippen molar-refractivity contribution < 1.29 is 4.79 Å². The van der Waals surface area contributed by atoms with E-state index in [1.165, 1.54) is 6.08 Å². The van der Waals surface area contributed by atoms with E-state index in [0.717, 1.165) is 13.1 Å². The van der Waals surface area contributed by atoms with E-state index in [4.69, 9.17) is 5.73 Å². The van der Waals surface area contributed by atoms with Crippen molar-refractivity contribution in [2.24, 2.45) is 5.73 Å². The average Bonchev–Trinajstić information content (AvgIpc) is 2.05. The number of carbonyl (C=O) groups is 1. The Balaban J connectivity index is 3.39. The number of nitrogens with zero attached hydrogens (tertiary/aromatic N) is 1. The van der Waals surface area contributed by atoms with Crippen LogP contribution in [0.5, 0.6) is 0 Å². The van der Waals surface area contributed by atoms with E-state index < -0.39 is 0 Å². The number of nitrogens with two attached hydrogens (primary N) is 1. The summed E-state index contributed by atoms with van der Waals surface area (Å²) < 4.78 is 0. The number of likely N-dealkylation sites (N-methyl/N-ethyl adjacent to an activating group) is 1. The lowest BCUT2D eigenvalue weighted by atomic mass is 10.4. The van der Waals surface area contributed by atoms with Crippen LogP contribution in [0.4, 0.5) is 0 Å². The molecule has 0 spiro atoms. The highest BCUT2D eigenvalue weighted by atomic mass is 16.1. The fourth-order valence-corrected chi connectivity index (χ4v) is 0.912. The number of nitrogens with one attached hydrogen (secondary N) is 1. The molecule has 0 atom stereocenters. The lowest BCUT2D eigenvalue weighted by Crippen LogP contribution is -2.34. The fraction of sp³-hybridized carbons (Fsp3) is 0.667. The molecule has 0 aliphatic heterocycles. The third kappa shape index (κ3) is 7.49. The Morgan fingerprint density at radius 1 is 1.54 bits per heavy atom. The summed E-state index contributed by atoms with van der Waals surface area (Å²) in [5, 5.41) is 2.76. The first kappa shape index (κ1) is 12.1. The van der Waals surface area contributed by atoms with Crippen LogP contribution < -0.4 is 11.1 Å². The highest BCUT2D eigenvalue weighted by Gasteiger charge is 1.97. The number of rotatable bonds is 6. The van der Waals surface area contributed by atoms with Crippen LogP contribution >= 0.6 is 0 Å². The predicted octanol–water partition coefficient (Wildman–Crippen LogP) is -0.431. The lowest BCUT2D eigenvalue weighted by molar-refractivity contribution is -0.116. The first-order valence-electron chi connectivity index (χ1n) is 4.49. The maximum absolute atomic E-state index is 10.9. The monoisotopic (exact) mass is 185 g/mol. The highest BCUT2D eigenvalue weighted by Crippen LogP contribution is 1.78. The van der Waals surface area contributed by atoms with Crippen molar-refractivity contribution in [2.75, 3.05) is 33.2 Å². The van der Waals surface area contributed by atoms with E-state index in [2.05, 4.69) is 10.2 Å². The van der Waals surface area contributed by atoms with Gasteiger partial charge in [-0.15, -0.1) is 0 Å². The Hall–Kier alpha value is -0.870. The van der Waals surface area contributed by atoms with Gasteiger partial charge in [-0.1, -0.05) is 6.08 Å². The Morgan fingerprint density at radius 2 is 2.23 bits per heavy atom. The van der Waals surface area contributed by atoms with Crippen LogP contribution in [0.1, 0.15) is 6.92 Å². The van der Waals surface area contributed by atoms with Gasteiger partial charge in [-0.25, -0.2) is 0 Å². The molecule has 0 heterocycles. The number of amides is 1. The van der Waals surface area contributed by atoms with Gasteiger partial charge in [0.1, 0.15) is 0 Å². The van der Waals surface area contributed by atoms with Gasteiger partial charge in [0.25, 0.3) is 0 Å². The van der Waals surface area contributed by atoms with Crippen LogP contribution in [0.3, 0.4) is 0 Å². The minimum absolute atomic E-state index is 0.0383. The summed E-state index contributed by atoms with van der Waals surface area (Å²) in [5.74, 6) is -0.0383. The summed E-state index contributed by atoms with van der Waals surface area (Å²) in [6.07, 6.45) is 3.24. The molecular weight excluding hydrogens is 166 g/mol. The van der Waals surface area contributed by atoms with Crippen LogP contribution in [-0.4, -0.2) is 44.0 Å². The van der Waals surface area contributed by atoms with Crippen LogP contribution in [0.15, 0.2) is 12.2 Å². The standard InChI is InChI=1S/C9H19N3O/c1-3-4-9(13)11-6-8-12(2)7-5-10/h3-4H,5-8,10H2,1-2H3,(H,11,13). The van der Waals surface area contributed by atoms with Crippen LogP contribution in [0.25, 0.3) is 0 Å². The van der Waals surface area contributed by atoms with Crippen molar-refractivity contribution in [1.29, 1.82) is 0 Å². The van der Waals surface area contributed by atoms with E-state index in [0.29, 0.717) is 13.1 Å². The van der Waals surface area contributed by atoms with Gasteiger partial charge in [0.15, 0.2) is 0 Å². The molecule has 0 saturated heterocycles. The van der Waals surface area contributed by atoms with E-state index in [-0.39, 0.29) is 5.91 Å².